The standard InChI is InChI=1S/C15H20F2N2O3/c1-9-7-19(8-12(9)20)10(2)14(21)18-11-5-3-4-6-13(11)22-15(16)17/h3-6,9-10,12,15,20H,7-8H2,1-2H3,(H,18,21)/t9-,10+,12-/m1/s1. The lowest BCUT2D eigenvalue weighted by Gasteiger charge is -2.23. The van der Waals surface area contributed by atoms with Gasteiger partial charge in [0.25, 0.3) is 0 Å². The molecule has 1 amide bonds. The van der Waals surface area contributed by atoms with Gasteiger partial charge in [0, 0.05) is 13.1 Å². The summed E-state index contributed by atoms with van der Waals surface area (Å²) in [7, 11) is 0. The normalized spacial score (nSPS) is 23.5. The first-order chi connectivity index (χ1) is 10.4. The van der Waals surface area contributed by atoms with Gasteiger partial charge in [-0.25, -0.2) is 0 Å². The average Bonchev–Trinajstić information content (AvgIpc) is 2.79. The van der Waals surface area contributed by atoms with Gasteiger partial charge in [0.2, 0.25) is 5.91 Å². The first-order valence-electron chi connectivity index (χ1n) is 7.15. The van der Waals surface area contributed by atoms with E-state index in [2.05, 4.69) is 10.1 Å². The maximum absolute atomic E-state index is 12.4. The number of benzene rings is 1. The van der Waals surface area contributed by atoms with E-state index in [4.69, 9.17) is 0 Å². The van der Waals surface area contributed by atoms with Crippen molar-refractivity contribution in [2.24, 2.45) is 5.92 Å². The van der Waals surface area contributed by atoms with Crippen molar-refractivity contribution in [2.45, 2.75) is 32.6 Å². The van der Waals surface area contributed by atoms with E-state index < -0.39 is 18.8 Å². The number of aliphatic hydroxyl groups excluding tert-OH is 1. The number of hydrogen-bond acceptors (Lipinski definition) is 4. The van der Waals surface area contributed by atoms with Crippen LogP contribution in [0.1, 0.15) is 13.8 Å². The monoisotopic (exact) mass is 314 g/mol. The van der Waals surface area contributed by atoms with Gasteiger partial charge in [0.15, 0.2) is 0 Å². The highest BCUT2D eigenvalue weighted by atomic mass is 19.3. The second-order valence-corrected chi connectivity index (χ2v) is 5.54. The molecule has 2 N–H and O–H groups in total. The van der Waals surface area contributed by atoms with E-state index in [1.807, 2.05) is 11.8 Å². The fraction of sp³-hybridized carbons (Fsp3) is 0.533. The molecule has 0 unspecified atom stereocenters. The number of ether oxygens (including phenoxy) is 1. The van der Waals surface area contributed by atoms with Gasteiger partial charge < -0.3 is 15.2 Å². The molecule has 1 aliphatic heterocycles. The number of carbonyl (C=O) groups excluding carboxylic acids is 1. The van der Waals surface area contributed by atoms with Crippen LogP contribution in [0.3, 0.4) is 0 Å². The molecular formula is C15H20F2N2O3. The highest BCUT2D eigenvalue weighted by Crippen LogP contribution is 2.26. The molecule has 0 aliphatic carbocycles. The van der Waals surface area contributed by atoms with Crippen molar-refractivity contribution in [3.63, 3.8) is 0 Å². The van der Waals surface area contributed by atoms with E-state index >= 15 is 0 Å². The number of alkyl halides is 2. The van der Waals surface area contributed by atoms with Crippen molar-refractivity contribution in [2.75, 3.05) is 18.4 Å². The maximum Gasteiger partial charge on any atom is 0.387 e. The van der Waals surface area contributed by atoms with Crippen LogP contribution in [0.5, 0.6) is 5.75 Å². The highest BCUT2D eigenvalue weighted by molar-refractivity contribution is 5.95. The van der Waals surface area contributed by atoms with Gasteiger partial charge in [0.05, 0.1) is 17.8 Å². The minimum atomic E-state index is -2.95. The highest BCUT2D eigenvalue weighted by Gasteiger charge is 2.33. The van der Waals surface area contributed by atoms with Gasteiger partial charge in [-0.2, -0.15) is 8.78 Å². The molecule has 1 aliphatic rings. The molecule has 1 saturated heterocycles. The van der Waals surface area contributed by atoms with Crippen LogP contribution in [-0.2, 0) is 4.79 Å². The second-order valence-electron chi connectivity index (χ2n) is 5.54. The lowest BCUT2D eigenvalue weighted by atomic mass is 10.1. The topological polar surface area (TPSA) is 61.8 Å². The van der Waals surface area contributed by atoms with Gasteiger partial charge in [-0.15, -0.1) is 0 Å². The number of para-hydroxylation sites is 2. The van der Waals surface area contributed by atoms with Gasteiger partial charge in [-0.1, -0.05) is 19.1 Å². The van der Waals surface area contributed by atoms with Crippen LogP contribution in [0.2, 0.25) is 0 Å². The van der Waals surface area contributed by atoms with Crippen LogP contribution in [0.4, 0.5) is 14.5 Å². The van der Waals surface area contributed by atoms with E-state index in [0.29, 0.717) is 13.1 Å². The molecule has 7 heteroatoms. The summed E-state index contributed by atoms with van der Waals surface area (Å²) in [6, 6.07) is 5.58. The number of halogens is 2. The molecule has 122 valence electrons. The predicted molar refractivity (Wildman–Crippen MR) is 77.9 cm³/mol. The summed E-state index contributed by atoms with van der Waals surface area (Å²) in [4.78, 5) is 14.1. The Kier molecular flexibility index (Phi) is 5.31. The summed E-state index contributed by atoms with van der Waals surface area (Å²) < 4.78 is 29.1. The van der Waals surface area contributed by atoms with E-state index in [0.717, 1.165) is 0 Å². The Morgan fingerprint density at radius 2 is 2.09 bits per heavy atom. The Balaban J connectivity index is 2.03. The molecule has 1 aromatic carbocycles. The number of anilines is 1. The minimum Gasteiger partial charge on any atom is -0.433 e. The third-order valence-electron chi connectivity index (χ3n) is 3.89. The zero-order valence-corrected chi connectivity index (χ0v) is 12.5. The lowest BCUT2D eigenvalue weighted by molar-refractivity contribution is -0.120. The number of nitrogens with one attached hydrogen (secondary N) is 1. The Morgan fingerprint density at radius 1 is 1.41 bits per heavy atom. The van der Waals surface area contributed by atoms with Crippen LogP contribution >= 0.6 is 0 Å². The predicted octanol–water partition coefficient (Wildman–Crippen LogP) is 1.93. The Labute approximate surface area is 127 Å². The zero-order chi connectivity index (χ0) is 16.3. The molecule has 0 spiro atoms. The van der Waals surface area contributed by atoms with Crippen molar-refractivity contribution in [1.82, 2.24) is 4.90 Å². The summed E-state index contributed by atoms with van der Waals surface area (Å²) in [5.41, 5.74) is 0.201. The average molecular weight is 314 g/mol. The van der Waals surface area contributed by atoms with E-state index in [9.17, 15) is 18.7 Å². The molecule has 5 nitrogen and oxygen atoms in total. The van der Waals surface area contributed by atoms with Crippen LogP contribution in [0, 0.1) is 5.92 Å². The number of carbonyl (C=O) groups is 1. The first kappa shape index (κ1) is 16.6. The number of nitrogens with zero attached hydrogens (tertiary/aromatic N) is 1. The third kappa shape index (κ3) is 3.92. The van der Waals surface area contributed by atoms with Gasteiger partial charge >= 0.3 is 6.61 Å². The molecule has 1 aromatic rings. The van der Waals surface area contributed by atoms with Gasteiger partial charge in [0.1, 0.15) is 5.75 Å². The van der Waals surface area contributed by atoms with Gasteiger partial charge in [-0.3, -0.25) is 9.69 Å². The second kappa shape index (κ2) is 7.02. The lowest BCUT2D eigenvalue weighted by Crippen LogP contribution is -2.41. The number of hydrogen-bond donors (Lipinski definition) is 2. The number of rotatable bonds is 5. The van der Waals surface area contributed by atoms with Crippen molar-refractivity contribution in [1.29, 1.82) is 0 Å². The summed E-state index contributed by atoms with van der Waals surface area (Å²) >= 11 is 0. The number of likely N-dealkylation sites (tertiary alicyclic amines) is 1. The Morgan fingerprint density at radius 3 is 2.68 bits per heavy atom. The molecule has 22 heavy (non-hydrogen) atoms. The maximum atomic E-state index is 12.4. The molecule has 3 atom stereocenters. The quantitative estimate of drug-likeness (QED) is 0.872. The summed E-state index contributed by atoms with van der Waals surface area (Å²) in [5, 5.41) is 12.4. The fourth-order valence-electron chi connectivity index (χ4n) is 2.47. The molecule has 1 fully saturated rings. The molecule has 2 rings (SSSR count). The van der Waals surface area contributed by atoms with Gasteiger partial charge in [-0.05, 0) is 25.0 Å². The largest absolute Gasteiger partial charge is 0.433 e. The van der Waals surface area contributed by atoms with Crippen LogP contribution in [0.15, 0.2) is 24.3 Å². The Bertz CT molecular complexity index is 517. The van der Waals surface area contributed by atoms with Crippen molar-refractivity contribution < 1.29 is 23.4 Å². The van der Waals surface area contributed by atoms with Crippen molar-refractivity contribution >= 4 is 11.6 Å². The summed E-state index contributed by atoms with van der Waals surface area (Å²) in [6.07, 6.45) is -0.454. The van der Waals surface area contributed by atoms with Crippen LogP contribution < -0.4 is 10.1 Å². The molecule has 0 aromatic heterocycles. The number of aliphatic hydroxyl groups is 1. The fourth-order valence-corrected chi connectivity index (χ4v) is 2.47. The molecule has 0 saturated carbocycles. The van der Waals surface area contributed by atoms with Crippen LogP contribution in [-0.4, -0.2) is 47.8 Å². The number of β-amino-alcohol motifs (C(OH)–C–C–N with tert-alkyl or cyclic N) is 1. The zero-order valence-electron chi connectivity index (χ0n) is 12.5. The van der Waals surface area contributed by atoms with Crippen LogP contribution in [0.25, 0.3) is 0 Å². The van der Waals surface area contributed by atoms with E-state index in [1.54, 1.807) is 19.1 Å². The number of amides is 1. The summed E-state index contributed by atoms with van der Waals surface area (Å²) in [5.74, 6) is -0.302. The van der Waals surface area contributed by atoms with Crippen molar-refractivity contribution in [3.05, 3.63) is 24.3 Å². The smallest absolute Gasteiger partial charge is 0.387 e. The van der Waals surface area contributed by atoms with E-state index in [-0.39, 0.29) is 23.3 Å². The molecule has 0 radical (unpaired) electrons. The van der Waals surface area contributed by atoms with Crippen molar-refractivity contribution in [3.8, 4) is 5.75 Å². The molecular weight excluding hydrogens is 294 g/mol. The Hall–Kier alpha value is -1.73. The third-order valence-corrected chi connectivity index (χ3v) is 3.89. The van der Waals surface area contributed by atoms with E-state index in [1.165, 1.54) is 12.1 Å². The SMILES string of the molecule is C[C@@H]1CN([C@@H](C)C(=O)Nc2ccccc2OC(F)F)C[C@H]1O. The summed E-state index contributed by atoms with van der Waals surface area (Å²) in [6.45, 7) is 1.72. The molecule has 0 bridgehead atoms. The minimum absolute atomic E-state index is 0.0760. The molecule has 1 heterocycles. The first-order valence-corrected chi connectivity index (χ1v) is 7.15.